The second-order valence-electron chi connectivity index (χ2n) is 7.12. The molecular formula is C20H29F2N7S. The van der Waals surface area contributed by atoms with Crippen LogP contribution in [0.2, 0.25) is 0 Å². The molecule has 0 aliphatic carbocycles. The average molecular weight is 438 g/mol. The first-order chi connectivity index (χ1) is 14.4. The molecule has 2 aromatic rings. The van der Waals surface area contributed by atoms with E-state index < -0.39 is 12.1 Å². The molecular weight excluding hydrogens is 408 g/mol. The lowest BCUT2D eigenvalue weighted by atomic mass is 9.92. The summed E-state index contributed by atoms with van der Waals surface area (Å²) in [5, 5.41) is 7.14. The van der Waals surface area contributed by atoms with E-state index in [0.717, 1.165) is 37.8 Å². The SMILES string of the molecule is CCC1CC(N)CN(c2cc(-c3cnc(/C=C\C(=N)C(F)F)[nH]3)ncn2)C1.CSC. The van der Waals surface area contributed by atoms with Gasteiger partial charge in [0.1, 0.15) is 18.0 Å². The summed E-state index contributed by atoms with van der Waals surface area (Å²) in [6.07, 6.45) is 8.82. The molecule has 0 spiro atoms. The quantitative estimate of drug-likeness (QED) is 0.595. The Morgan fingerprint density at radius 2 is 2.10 bits per heavy atom. The minimum absolute atomic E-state index is 0.121. The zero-order chi connectivity index (χ0) is 22.1. The number of halogens is 2. The van der Waals surface area contributed by atoms with Gasteiger partial charge in [-0.15, -0.1) is 0 Å². The Morgan fingerprint density at radius 3 is 2.77 bits per heavy atom. The monoisotopic (exact) mass is 437 g/mol. The largest absolute Gasteiger partial charge is 0.355 e. The number of hydrogen-bond donors (Lipinski definition) is 3. The van der Waals surface area contributed by atoms with Gasteiger partial charge < -0.3 is 15.6 Å². The normalized spacial score (nSPS) is 19.1. The van der Waals surface area contributed by atoms with Crippen LogP contribution in [-0.4, -0.2) is 63.7 Å². The number of H-pyrrole nitrogens is 1. The third kappa shape index (κ3) is 6.88. The van der Waals surface area contributed by atoms with Crippen LogP contribution in [0.4, 0.5) is 14.6 Å². The van der Waals surface area contributed by atoms with E-state index in [1.165, 1.54) is 12.4 Å². The number of allylic oxidation sites excluding steroid dienone is 1. The molecule has 1 aliphatic heterocycles. The first-order valence-electron chi connectivity index (χ1n) is 9.70. The number of anilines is 1. The van der Waals surface area contributed by atoms with Gasteiger partial charge in [-0.3, -0.25) is 5.41 Å². The number of nitrogens with two attached hydrogens (primary N) is 1. The molecule has 0 radical (unpaired) electrons. The third-order valence-electron chi connectivity index (χ3n) is 4.65. The van der Waals surface area contributed by atoms with Gasteiger partial charge in [0.2, 0.25) is 0 Å². The van der Waals surface area contributed by atoms with Gasteiger partial charge in [-0.05, 0) is 37.0 Å². The zero-order valence-corrected chi connectivity index (χ0v) is 18.3. The van der Waals surface area contributed by atoms with Crippen molar-refractivity contribution in [1.29, 1.82) is 5.41 Å². The average Bonchev–Trinajstić information content (AvgIpc) is 3.21. The van der Waals surface area contributed by atoms with Crippen LogP contribution in [0.5, 0.6) is 0 Å². The van der Waals surface area contributed by atoms with Crippen LogP contribution in [-0.2, 0) is 0 Å². The van der Waals surface area contributed by atoms with Crippen molar-refractivity contribution in [2.45, 2.75) is 32.2 Å². The van der Waals surface area contributed by atoms with Crippen molar-refractivity contribution in [3.63, 3.8) is 0 Å². The fourth-order valence-corrected chi connectivity index (χ4v) is 3.19. The molecule has 1 fully saturated rings. The van der Waals surface area contributed by atoms with Gasteiger partial charge in [-0.1, -0.05) is 13.3 Å². The number of aromatic amines is 1. The Hall–Kier alpha value is -2.33. The van der Waals surface area contributed by atoms with Crippen LogP contribution in [0.3, 0.4) is 0 Å². The van der Waals surface area contributed by atoms with E-state index in [1.807, 2.05) is 18.6 Å². The van der Waals surface area contributed by atoms with E-state index in [-0.39, 0.29) is 6.04 Å². The molecule has 4 N–H and O–H groups in total. The molecule has 1 aliphatic rings. The highest BCUT2D eigenvalue weighted by molar-refractivity contribution is 7.97. The summed E-state index contributed by atoms with van der Waals surface area (Å²) in [5.74, 6) is 1.72. The Bertz CT molecular complexity index is 840. The smallest absolute Gasteiger partial charge is 0.279 e. The van der Waals surface area contributed by atoms with E-state index in [2.05, 4.69) is 31.8 Å². The maximum atomic E-state index is 12.4. The lowest BCUT2D eigenvalue weighted by Gasteiger charge is -2.36. The first kappa shape index (κ1) is 23.9. The van der Waals surface area contributed by atoms with Crippen molar-refractivity contribution in [3.05, 3.63) is 30.5 Å². The minimum Gasteiger partial charge on any atom is -0.355 e. The van der Waals surface area contributed by atoms with E-state index in [1.54, 1.807) is 18.0 Å². The number of rotatable bonds is 6. The zero-order valence-electron chi connectivity index (χ0n) is 17.5. The lowest BCUT2D eigenvalue weighted by Crippen LogP contribution is -2.47. The van der Waals surface area contributed by atoms with Crippen molar-refractivity contribution < 1.29 is 8.78 Å². The van der Waals surface area contributed by atoms with Crippen molar-refractivity contribution in [1.82, 2.24) is 19.9 Å². The van der Waals surface area contributed by atoms with Crippen molar-refractivity contribution in [3.8, 4) is 11.4 Å². The number of imidazole rings is 1. The fraction of sp³-hybridized carbons (Fsp3) is 0.500. The van der Waals surface area contributed by atoms with Crippen LogP contribution in [0, 0.1) is 11.3 Å². The summed E-state index contributed by atoms with van der Waals surface area (Å²) in [7, 11) is 0. The van der Waals surface area contributed by atoms with Gasteiger partial charge >= 0.3 is 0 Å². The van der Waals surface area contributed by atoms with E-state index in [9.17, 15) is 8.78 Å². The molecule has 10 heteroatoms. The van der Waals surface area contributed by atoms with Gasteiger partial charge in [0.05, 0.1) is 23.3 Å². The fourth-order valence-electron chi connectivity index (χ4n) is 3.19. The topological polar surface area (TPSA) is 108 Å². The number of aromatic nitrogens is 4. The highest BCUT2D eigenvalue weighted by Gasteiger charge is 2.25. The molecule has 2 aromatic heterocycles. The highest BCUT2D eigenvalue weighted by atomic mass is 32.2. The van der Waals surface area contributed by atoms with Crippen LogP contribution < -0.4 is 10.6 Å². The molecule has 164 valence electrons. The summed E-state index contributed by atoms with van der Waals surface area (Å²) in [4.78, 5) is 18.0. The van der Waals surface area contributed by atoms with Crippen LogP contribution in [0.25, 0.3) is 17.5 Å². The molecule has 0 bridgehead atoms. The predicted molar refractivity (Wildman–Crippen MR) is 120 cm³/mol. The molecule has 2 unspecified atom stereocenters. The van der Waals surface area contributed by atoms with Crippen LogP contribution in [0.1, 0.15) is 25.6 Å². The Kier molecular flexibility index (Phi) is 9.38. The van der Waals surface area contributed by atoms with E-state index >= 15 is 0 Å². The summed E-state index contributed by atoms with van der Waals surface area (Å²) < 4.78 is 24.7. The van der Waals surface area contributed by atoms with Crippen molar-refractivity contribution in [2.24, 2.45) is 11.7 Å². The first-order valence-corrected chi connectivity index (χ1v) is 11.3. The maximum absolute atomic E-state index is 12.4. The molecule has 0 amide bonds. The molecule has 2 atom stereocenters. The van der Waals surface area contributed by atoms with Crippen LogP contribution >= 0.6 is 11.8 Å². The van der Waals surface area contributed by atoms with Gasteiger partial charge in [0.25, 0.3) is 6.43 Å². The molecule has 3 heterocycles. The summed E-state index contributed by atoms with van der Waals surface area (Å²) >= 11 is 1.75. The highest BCUT2D eigenvalue weighted by Crippen LogP contribution is 2.25. The predicted octanol–water partition coefficient (Wildman–Crippen LogP) is 3.71. The summed E-state index contributed by atoms with van der Waals surface area (Å²) in [5.41, 5.74) is 6.72. The molecule has 3 rings (SSSR count). The maximum Gasteiger partial charge on any atom is 0.279 e. The summed E-state index contributed by atoms with van der Waals surface area (Å²) in [6, 6.07) is 1.99. The van der Waals surface area contributed by atoms with E-state index in [4.69, 9.17) is 11.1 Å². The van der Waals surface area contributed by atoms with Gasteiger partial charge in [0.15, 0.2) is 0 Å². The lowest BCUT2D eigenvalue weighted by molar-refractivity contribution is 0.226. The van der Waals surface area contributed by atoms with Crippen molar-refractivity contribution >= 4 is 29.4 Å². The Balaban J connectivity index is 0.00000101. The standard InChI is InChI=1S/C18H23F2N7.C2H6S/c1-2-11-5-12(21)9-27(8-11)17-6-14(24-10-25-17)15-7-23-16(26-15)4-3-13(22)18(19)20;1-3-2/h3-4,6-7,10-12,18,22H,2,5,8-9,21H2,1H3,(H,23,26);1-2H3/b4-3-,22-13?;. The number of piperidine rings is 1. The van der Waals surface area contributed by atoms with Gasteiger partial charge in [-0.2, -0.15) is 11.8 Å². The number of nitrogens with zero attached hydrogens (tertiary/aromatic N) is 4. The number of hydrogen-bond acceptors (Lipinski definition) is 7. The second kappa shape index (κ2) is 11.8. The number of thioether (sulfide) groups is 1. The molecule has 1 saturated heterocycles. The minimum atomic E-state index is -2.80. The Labute approximate surface area is 180 Å². The molecule has 7 nitrogen and oxygen atoms in total. The summed E-state index contributed by atoms with van der Waals surface area (Å²) in [6.45, 7) is 3.83. The Morgan fingerprint density at radius 1 is 1.37 bits per heavy atom. The van der Waals surface area contributed by atoms with Gasteiger partial charge in [-0.25, -0.2) is 23.7 Å². The molecule has 30 heavy (non-hydrogen) atoms. The molecule has 0 aromatic carbocycles. The van der Waals surface area contributed by atoms with Gasteiger partial charge in [0, 0.05) is 25.2 Å². The number of alkyl halides is 2. The van der Waals surface area contributed by atoms with Crippen LogP contribution in [0.15, 0.2) is 24.7 Å². The number of nitrogens with one attached hydrogen (secondary N) is 2. The third-order valence-corrected chi connectivity index (χ3v) is 4.65. The second-order valence-corrected chi connectivity index (χ2v) is 7.93. The van der Waals surface area contributed by atoms with Crippen molar-refractivity contribution in [2.75, 3.05) is 30.5 Å². The van der Waals surface area contributed by atoms with E-state index in [0.29, 0.717) is 23.1 Å². The molecule has 0 saturated carbocycles.